The van der Waals surface area contributed by atoms with Gasteiger partial charge in [0.15, 0.2) is 5.78 Å². The third-order valence-corrected chi connectivity index (χ3v) is 4.33. The van der Waals surface area contributed by atoms with Gasteiger partial charge in [0.1, 0.15) is 0 Å². The minimum Gasteiger partial charge on any atom is -0.465 e. The summed E-state index contributed by atoms with van der Waals surface area (Å²) in [7, 11) is 0. The molecule has 0 saturated carbocycles. The highest BCUT2D eigenvalue weighted by Crippen LogP contribution is 2.16. The number of amides is 1. The lowest BCUT2D eigenvalue weighted by Crippen LogP contribution is -2.40. The number of nitrogens with zero attached hydrogens (tertiary/aromatic N) is 1. The molecule has 1 unspecified atom stereocenters. The number of ether oxygens (including phenoxy) is 1. The van der Waals surface area contributed by atoms with Crippen molar-refractivity contribution in [2.24, 2.45) is 5.92 Å². The molecule has 1 aromatic heterocycles. The first-order valence-electron chi connectivity index (χ1n) is 7.29. The van der Waals surface area contributed by atoms with E-state index in [4.69, 9.17) is 4.74 Å². The van der Waals surface area contributed by atoms with Crippen LogP contribution in [0.25, 0.3) is 0 Å². The van der Waals surface area contributed by atoms with E-state index in [-0.39, 0.29) is 30.5 Å². The smallest absolute Gasteiger partial charge is 0.314 e. The molecule has 0 bridgehead atoms. The second-order valence-corrected chi connectivity index (χ2v) is 5.93. The minimum absolute atomic E-state index is 0.0159. The molecule has 6 heteroatoms. The Balaban J connectivity index is 1.84. The van der Waals surface area contributed by atoms with E-state index in [9.17, 15) is 14.4 Å². The van der Waals surface area contributed by atoms with E-state index in [1.807, 2.05) is 11.4 Å². The molecule has 0 fully saturated rings. The third-order valence-electron chi connectivity index (χ3n) is 3.42. The summed E-state index contributed by atoms with van der Waals surface area (Å²) >= 11 is 1.38. The molecule has 1 atom stereocenters. The second-order valence-electron chi connectivity index (χ2n) is 4.99. The van der Waals surface area contributed by atoms with Gasteiger partial charge in [-0.15, -0.1) is 11.3 Å². The highest BCUT2D eigenvalue weighted by molar-refractivity contribution is 7.12. The predicted octanol–water partition coefficient (Wildman–Crippen LogP) is 2.29. The number of hydrogen-bond donors (Lipinski definition) is 0. The molecule has 0 saturated heterocycles. The maximum Gasteiger partial charge on any atom is 0.314 e. The number of rotatable bonds is 6. The zero-order chi connectivity index (χ0) is 15.9. The normalized spacial score (nSPS) is 17.3. The average Bonchev–Trinajstić information content (AvgIpc) is 3.07. The van der Waals surface area contributed by atoms with Crippen molar-refractivity contribution in [3.63, 3.8) is 0 Å². The van der Waals surface area contributed by atoms with E-state index in [0.29, 0.717) is 24.6 Å². The van der Waals surface area contributed by atoms with Crippen molar-refractivity contribution in [3.8, 4) is 0 Å². The van der Waals surface area contributed by atoms with Crippen molar-refractivity contribution in [1.29, 1.82) is 0 Å². The fourth-order valence-electron chi connectivity index (χ4n) is 2.27. The van der Waals surface area contributed by atoms with Crippen LogP contribution in [0.5, 0.6) is 0 Å². The van der Waals surface area contributed by atoms with E-state index < -0.39 is 5.92 Å². The lowest BCUT2D eigenvalue weighted by Gasteiger charge is -2.27. The summed E-state index contributed by atoms with van der Waals surface area (Å²) in [6, 6.07) is 3.58. The molecule has 5 nitrogen and oxygen atoms in total. The predicted molar refractivity (Wildman–Crippen MR) is 83.7 cm³/mol. The van der Waals surface area contributed by atoms with E-state index in [1.165, 1.54) is 11.3 Å². The van der Waals surface area contributed by atoms with Gasteiger partial charge in [-0.1, -0.05) is 18.2 Å². The van der Waals surface area contributed by atoms with E-state index >= 15 is 0 Å². The van der Waals surface area contributed by atoms with Gasteiger partial charge in [-0.3, -0.25) is 14.4 Å². The Hall–Kier alpha value is -1.95. The lowest BCUT2D eigenvalue weighted by molar-refractivity contribution is -0.147. The van der Waals surface area contributed by atoms with Gasteiger partial charge < -0.3 is 9.64 Å². The SMILES string of the molecule is CCOC(=O)C1C=CCN(C(=O)CCC(=O)c2cccs2)C1. The van der Waals surface area contributed by atoms with Crippen LogP contribution in [0.1, 0.15) is 29.4 Å². The van der Waals surface area contributed by atoms with Gasteiger partial charge in [0, 0.05) is 25.9 Å². The minimum atomic E-state index is -0.411. The van der Waals surface area contributed by atoms with Crippen LogP contribution in [-0.2, 0) is 14.3 Å². The van der Waals surface area contributed by atoms with Crippen LogP contribution in [0.2, 0.25) is 0 Å². The van der Waals surface area contributed by atoms with Crippen LogP contribution in [0.3, 0.4) is 0 Å². The Bertz CT molecular complexity index is 565. The lowest BCUT2D eigenvalue weighted by atomic mass is 10.0. The summed E-state index contributed by atoms with van der Waals surface area (Å²) in [6.45, 7) is 2.87. The summed E-state index contributed by atoms with van der Waals surface area (Å²) in [5.41, 5.74) is 0. The van der Waals surface area contributed by atoms with Crippen molar-refractivity contribution >= 4 is 29.0 Å². The Labute approximate surface area is 133 Å². The quantitative estimate of drug-likeness (QED) is 0.458. The molecule has 22 heavy (non-hydrogen) atoms. The largest absolute Gasteiger partial charge is 0.465 e. The van der Waals surface area contributed by atoms with Gasteiger partial charge in [0.25, 0.3) is 0 Å². The highest BCUT2D eigenvalue weighted by atomic mass is 32.1. The molecular formula is C16H19NO4S. The zero-order valence-corrected chi connectivity index (χ0v) is 13.3. The fraction of sp³-hybridized carbons (Fsp3) is 0.438. The van der Waals surface area contributed by atoms with E-state index in [1.54, 1.807) is 30.0 Å². The molecule has 2 heterocycles. The van der Waals surface area contributed by atoms with Gasteiger partial charge in [-0.25, -0.2) is 0 Å². The Morgan fingerprint density at radius 1 is 1.36 bits per heavy atom. The Morgan fingerprint density at radius 2 is 2.18 bits per heavy atom. The number of carbonyl (C=O) groups excluding carboxylic acids is 3. The van der Waals surface area contributed by atoms with Gasteiger partial charge in [0.05, 0.1) is 17.4 Å². The first-order valence-corrected chi connectivity index (χ1v) is 8.17. The maximum atomic E-state index is 12.2. The number of Topliss-reactive ketones (excluding diaryl/α,β-unsaturated/α-hetero) is 1. The zero-order valence-electron chi connectivity index (χ0n) is 12.5. The number of carbonyl (C=O) groups is 3. The number of ketones is 1. The van der Waals surface area contributed by atoms with Gasteiger partial charge in [0.2, 0.25) is 5.91 Å². The van der Waals surface area contributed by atoms with Gasteiger partial charge >= 0.3 is 5.97 Å². The summed E-state index contributed by atoms with van der Waals surface area (Å²) in [5, 5.41) is 1.84. The molecule has 0 aliphatic carbocycles. The van der Waals surface area contributed by atoms with Crippen LogP contribution in [-0.4, -0.2) is 42.3 Å². The summed E-state index contributed by atoms with van der Waals surface area (Å²) in [4.78, 5) is 38.1. The first kappa shape index (κ1) is 16.4. The molecule has 0 N–H and O–H groups in total. The monoisotopic (exact) mass is 321 g/mol. The van der Waals surface area contributed by atoms with E-state index in [2.05, 4.69) is 0 Å². The average molecular weight is 321 g/mol. The van der Waals surface area contributed by atoms with Crippen molar-refractivity contribution in [3.05, 3.63) is 34.5 Å². The number of esters is 1. The molecule has 1 amide bonds. The van der Waals surface area contributed by atoms with Crippen LogP contribution >= 0.6 is 11.3 Å². The van der Waals surface area contributed by atoms with E-state index in [0.717, 1.165) is 0 Å². The van der Waals surface area contributed by atoms with Crippen molar-refractivity contribution in [1.82, 2.24) is 4.90 Å². The molecule has 2 rings (SSSR count). The number of thiophene rings is 1. The molecule has 0 spiro atoms. The van der Waals surface area contributed by atoms with Gasteiger partial charge in [-0.05, 0) is 18.4 Å². The van der Waals surface area contributed by atoms with Gasteiger partial charge in [-0.2, -0.15) is 0 Å². The fourth-order valence-corrected chi connectivity index (χ4v) is 2.96. The third kappa shape index (κ3) is 4.27. The van der Waals surface area contributed by atoms with Crippen LogP contribution in [0.4, 0.5) is 0 Å². The van der Waals surface area contributed by atoms with Crippen LogP contribution < -0.4 is 0 Å². The highest BCUT2D eigenvalue weighted by Gasteiger charge is 2.26. The Kier molecular flexibility index (Phi) is 5.89. The summed E-state index contributed by atoms with van der Waals surface area (Å²) in [6.07, 6.45) is 3.94. The maximum absolute atomic E-state index is 12.2. The Morgan fingerprint density at radius 3 is 2.86 bits per heavy atom. The molecule has 1 aliphatic rings. The molecule has 1 aliphatic heterocycles. The molecule has 1 aromatic rings. The second kappa shape index (κ2) is 7.89. The topological polar surface area (TPSA) is 63.7 Å². The van der Waals surface area contributed by atoms with Crippen molar-refractivity contribution < 1.29 is 19.1 Å². The van der Waals surface area contributed by atoms with Crippen LogP contribution in [0, 0.1) is 5.92 Å². The van der Waals surface area contributed by atoms with Crippen molar-refractivity contribution in [2.75, 3.05) is 19.7 Å². The summed E-state index contributed by atoms with van der Waals surface area (Å²) < 4.78 is 4.98. The molecular weight excluding hydrogens is 302 g/mol. The molecule has 0 radical (unpaired) electrons. The number of hydrogen-bond acceptors (Lipinski definition) is 5. The first-order chi connectivity index (χ1) is 10.6. The molecule has 118 valence electrons. The van der Waals surface area contributed by atoms with Crippen LogP contribution in [0.15, 0.2) is 29.7 Å². The molecule has 0 aromatic carbocycles. The van der Waals surface area contributed by atoms with Crippen molar-refractivity contribution in [2.45, 2.75) is 19.8 Å². The standard InChI is InChI=1S/C16H19NO4S/c1-2-21-16(20)12-5-3-9-17(11-12)15(19)8-7-13(18)14-6-4-10-22-14/h3-6,10,12H,2,7-9,11H2,1H3. The summed E-state index contributed by atoms with van der Waals surface area (Å²) in [5.74, 6) is -0.849.